The van der Waals surface area contributed by atoms with E-state index in [0.717, 1.165) is 16.9 Å². The quantitative estimate of drug-likeness (QED) is 0.152. The first-order valence-corrected chi connectivity index (χ1v) is 10.0. The van der Waals surface area contributed by atoms with Crippen LogP contribution in [0.4, 0.5) is 0 Å². The van der Waals surface area contributed by atoms with Gasteiger partial charge in [-0.1, -0.05) is 30.7 Å². The zero-order valence-electron chi connectivity index (χ0n) is 18.4. The predicted molar refractivity (Wildman–Crippen MR) is 121 cm³/mol. The smallest absolute Gasteiger partial charge is 0.274 e. The molecule has 1 rings (SSSR count). The summed E-state index contributed by atoms with van der Waals surface area (Å²) in [4.78, 5) is 43.6. The zero-order valence-corrected chi connectivity index (χ0v) is 19.1. The third-order valence-corrected chi connectivity index (χ3v) is 4.55. The Morgan fingerprint density at radius 1 is 1.23 bits per heavy atom. The van der Waals surface area contributed by atoms with Crippen LogP contribution in [0.3, 0.4) is 0 Å². The lowest BCUT2D eigenvalue weighted by atomic mass is 10.2. The highest BCUT2D eigenvalue weighted by Gasteiger charge is 2.27. The van der Waals surface area contributed by atoms with Gasteiger partial charge in [0.05, 0.1) is 12.3 Å². The van der Waals surface area contributed by atoms with Gasteiger partial charge in [-0.3, -0.25) is 9.59 Å². The summed E-state index contributed by atoms with van der Waals surface area (Å²) >= 11 is 5.99. The molecule has 0 bridgehead atoms. The summed E-state index contributed by atoms with van der Waals surface area (Å²) in [6.45, 7) is 7.47. The second-order valence-electron chi connectivity index (χ2n) is 6.72. The van der Waals surface area contributed by atoms with Gasteiger partial charge in [0.25, 0.3) is 5.91 Å². The molecule has 0 radical (unpaired) electrons. The van der Waals surface area contributed by atoms with Crippen molar-refractivity contribution in [3.63, 3.8) is 0 Å². The van der Waals surface area contributed by atoms with Crippen molar-refractivity contribution in [2.24, 2.45) is 4.99 Å². The molecule has 0 saturated heterocycles. The molecule has 0 saturated carbocycles. The highest BCUT2D eigenvalue weighted by molar-refractivity contribution is 6.30. The van der Waals surface area contributed by atoms with Crippen LogP contribution in [-0.2, 0) is 25.7 Å². The average Bonchev–Trinajstić information content (AvgIpc) is 2.76. The molecule has 0 aliphatic carbocycles. The molecule has 0 spiro atoms. The lowest BCUT2D eigenvalue weighted by molar-refractivity contribution is -0.130. The van der Waals surface area contributed by atoms with E-state index in [2.05, 4.69) is 11.7 Å². The molecule has 0 atom stereocenters. The molecule has 168 valence electrons. The number of aliphatic imine (C=N–C) groups is 1. The summed E-state index contributed by atoms with van der Waals surface area (Å²) in [6.07, 6.45) is 3.85. The third-order valence-electron chi connectivity index (χ3n) is 4.29. The molecule has 0 N–H and O–H groups in total. The number of hydrogen-bond acceptors (Lipinski definition) is 6. The second kappa shape index (κ2) is 13.2. The van der Waals surface area contributed by atoms with E-state index in [9.17, 15) is 14.4 Å². The molecule has 0 aromatic heterocycles. The Balaban J connectivity index is 3.53. The lowest BCUT2D eigenvalue weighted by Gasteiger charge is -2.31. The fourth-order valence-electron chi connectivity index (χ4n) is 2.68. The topological polar surface area (TPSA) is 82.5 Å². The molecule has 0 heterocycles. The van der Waals surface area contributed by atoms with Crippen LogP contribution in [0.2, 0.25) is 5.02 Å². The van der Waals surface area contributed by atoms with E-state index in [4.69, 9.17) is 16.3 Å². The Bertz CT molecular complexity index is 836. The fraction of sp³-hybridized carbons (Fsp3) is 0.364. The Kier molecular flexibility index (Phi) is 11.1. The van der Waals surface area contributed by atoms with Gasteiger partial charge >= 0.3 is 0 Å². The Labute approximate surface area is 188 Å². The Morgan fingerprint density at radius 2 is 1.87 bits per heavy atom. The number of benzene rings is 1. The summed E-state index contributed by atoms with van der Waals surface area (Å²) in [5.74, 6) is 0.235. The molecule has 31 heavy (non-hydrogen) atoms. The summed E-state index contributed by atoms with van der Waals surface area (Å²) in [6, 6.07) is 7.13. The van der Waals surface area contributed by atoms with Gasteiger partial charge in [0, 0.05) is 25.7 Å². The zero-order chi connectivity index (χ0) is 23.4. The number of aldehydes is 1. The number of carbonyl (C=O) groups is 3. The Hall–Kier alpha value is -3.13. The number of ether oxygens (including phenoxy) is 1. The van der Waals surface area contributed by atoms with Crippen molar-refractivity contribution in [1.29, 1.82) is 0 Å². The Morgan fingerprint density at radius 3 is 2.39 bits per heavy atom. The minimum absolute atomic E-state index is 0.00663. The summed E-state index contributed by atoms with van der Waals surface area (Å²) < 4.78 is 5.84. The van der Waals surface area contributed by atoms with Gasteiger partial charge in [0.1, 0.15) is 12.0 Å². The number of rotatable bonds is 13. The largest absolute Gasteiger partial charge is 0.478 e. The lowest BCUT2D eigenvalue weighted by Crippen LogP contribution is -2.40. The molecule has 0 fully saturated rings. The highest BCUT2D eigenvalue weighted by Crippen LogP contribution is 2.21. The molecule has 0 aliphatic rings. The van der Waals surface area contributed by atoms with E-state index in [0.29, 0.717) is 23.5 Å². The first-order chi connectivity index (χ1) is 14.8. The summed E-state index contributed by atoms with van der Waals surface area (Å²) in [5, 5.41) is 0.583. The molecular weight excluding hydrogens is 420 g/mol. The van der Waals surface area contributed by atoms with E-state index in [-0.39, 0.29) is 31.3 Å². The predicted octanol–water partition coefficient (Wildman–Crippen LogP) is 3.05. The van der Waals surface area contributed by atoms with E-state index in [1.54, 1.807) is 17.0 Å². The molecule has 1 aromatic carbocycles. The summed E-state index contributed by atoms with van der Waals surface area (Å²) in [5.41, 5.74) is 0.929. The van der Waals surface area contributed by atoms with Crippen molar-refractivity contribution in [1.82, 2.24) is 14.7 Å². The van der Waals surface area contributed by atoms with Crippen molar-refractivity contribution >= 4 is 36.9 Å². The van der Waals surface area contributed by atoms with E-state index in [1.165, 1.54) is 19.0 Å². The molecule has 2 amide bonds. The first-order valence-electron chi connectivity index (χ1n) is 9.66. The van der Waals surface area contributed by atoms with Gasteiger partial charge in [-0.25, -0.2) is 4.99 Å². The number of halogens is 1. The van der Waals surface area contributed by atoms with Gasteiger partial charge in [-0.15, -0.1) is 0 Å². The number of allylic oxidation sites excluding steroid dienone is 2. The number of nitrogens with zero attached hydrogens (tertiary/aromatic N) is 4. The van der Waals surface area contributed by atoms with E-state index >= 15 is 0 Å². The molecule has 8 nitrogen and oxygen atoms in total. The maximum atomic E-state index is 13.3. The van der Waals surface area contributed by atoms with Gasteiger partial charge in [0.2, 0.25) is 6.41 Å². The van der Waals surface area contributed by atoms with Crippen molar-refractivity contribution in [2.45, 2.75) is 26.8 Å². The minimum Gasteiger partial charge on any atom is -0.478 e. The molecule has 0 aliphatic heterocycles. The number of likely N-dealkylation sites (N-methyl/N-ethyl adjacent to an activating group) is 1. The van der Waals surface area contributed by atoms with Crippen LogP contribution in [0, 0.1) is 0 Å². The summed E-state index contributed by atoms with van der Waals surface area (Å²) in [7, 11) is 2.95. The number of carbonyl (C=O) groups excluding carboxylic acids is 3. The third kappa shape index (κ3) is 7.90. The van der Waals surface area contributed by atoms with E-state index < -0.39 is 5.91 Å². The monoisotopic (exact) mass is 448 g/mol. The van der Waals surface area contributed by atoms with Crippen LogP contribution >= 0.6 is 11.6 Å². The standard InChI is InChI=1S/C22H29ClN4O4/c1-6-7-17(2)31-16-27(14-18-8-10-19(23)11-9-18)20(21(24-3)26(5)15-29)22(30)25(4)12-13-28/h7-11,13,15H,3,6,12,14,16H2,1-2,4-5H3/b17-7+,21-20+. The van der Waals surface area contributed by atoms with Crippen molar-refractivity contribution in [3.8, 4) is 0 Å². The molecular formula is C22H29ClN4O4. The molecule has 1 aromatic rings. The van der Waals surface area contributed by atoms with Crippen LogP contribution < -0.4 is 0 Å². The maximum absolute atomic E-state index is 13.3. The van der Waals surface area contributed by atoms with Crippen LogP contribution in [0.1, 0.15) is 25.8 Å². The van der Waals surface area contributed by atoms with Crippen LogP contribution in [0.15, 0.2) is 52.6 Å². The normalized spacial score (nSPS) is 11.8. The number of amides is 2. The molecule has 9 heteroatoms. The van der Waals surface area contributed by atoms with E-state index in [1.807, 2.05) is 32.1 Å². The highest BCUT2D eigenvalue weighted by atomic mass is 35.5. The van der Waals surface area contributed by atoms with Crippen LogP contribution in [0.25, 0.3) is 0 Å². The minimum atomic E-state index is -0.502. The van der Waals surface area contributed by atoms with Crippen molar-refractivity contribution in [2.75, 3.05) is 27.4 Å². The maximum Gasteiger partial charge on any atom is 0.274 e. The van der Waals surface area contributed by atoms with Crippen LogP contribution in [-0.4, -0.2) is 67.4 Å². The van der Waals surface area contributed by atoms with Gasteiger partial charge in [0.15, 0.2) is 12.6 Å². The van der Waals surface area contributed by atoms with Gasteiger partial charge < -0.3 is 24.2 Å². The van der Waals surface area contributed by atoms with Crippen molar-refractivity contribution in [3.05, 3.63) is 58.2 Å². The second-order valence-corrected chi connectivity index (χ2v) is 7.16. The van der Waals surface area contributed by atoms with Gasteiger partial charge in [-0.2, -0.15) is 0 Å². The molecule has 0 unspecified atom stereocenters. The first kappa shape index (κ1) is 25.9. The van der Waals surface area contributed by atoms with Gasteiger partial charge in [-0.05, 0) is 43.8 Å². The SMILES string of the molecule is C=N/C(=C(/C(=O)N(C)CC=O)N(CO/C(C)=C/CC)Cc1ccc(Cl)cc1)N(C)C=O. The van der Waals surface area contributed by atoms with Crippen LogP contribution in [0.5, 0.6) is 0 Å². The van der Waals surface area contributed by atoms with Crippen molar-refractivity contribution < 1.29 is 19.1 Å². The average molecular weight is 449 g/mol. The fourth-order valence-corrected chi connectivity index (χ4v) is 2.80. The number of hydrogen-bond donors (Lipinski definition) is 0.